The summed E-state index contributed by atoms with van der Waals surface area (Å²) >= 11 is 0. The zero-order valence-electron chi connectivity index (χ0n) is 8.36. The third-order valence-electron chi connectivity index (χ3n) is 1.62. The molecule has 1 aromatic carbocycles. The van der Waals surface area contributed by atoms with E-state index in [9.17, 15) is 4.21 Å². The van der Waals surface area contributed by atoms with Gasteiger partial charge in [0.05, 0.1) is 16.9 Å². The van der Waals surface area contributed by atoms with E-state index in [1.54, 1.807) is 7.11 Å². The number of benzene rings is 1. The maximum Gasteiger partial charge on any atom is 0.118 e. The molecule has 0 saturated carbocycles. The van der Waals surface area contributed by atoms with Crippen LogP contribution in [0.2, 0.25) is 0 Å². The smallest absolute Gasteiger partial charge is 0.118 e. The fourth-order valence-electron chi connectivity index (χ4n) is 0.947. The van der Waals surface area contributed by atoms with Crippen molar-refractivity contribution in [2.24, 2.45) is 0 Å². The summed E-state index contributed by atoms with van der Waals surface area (Å²) in [6.45, 7) is 2.03. The predicted molar refractivity (Wildman–Crippen MR) is 62.2 cm³/mol. The SMILES string of the molecule is CCCS(=O)Sc1ccc(OC)cc1. The van der Waals surface area contributed by atoms with Crippen molar-refractivity contribution >= 4 is 20.6 Å². The van der Waals surface area contributed by atoms with Gasteiger partial charge in [-0.15, -0.1) is 0 Å². The minimum atomic E-state index is -0.804. The van der Waals surface area contributed by atoms with Gasteiger partial charge in [0, 0.05) is 10.6 Å². The first kappa shape index (κ1) is 11.6. The monoisotopic (exact) mass is 230 g/mol. The van der Waals surface area contributed by atoms with Gasteiger partial charge in [-0.3, -0.25) is 0 Å². The highest BCUT2D eigenvalue weighted by atomic mass is 33.1. The summed E-state index contributed by atoms with van der Waals surface area (Å²) < 4.78 is 16.4. The van der Waals surface area contributed by atoms with E-state index in [1.165, 1.54) is 10.8 Å². The van der Waals surface area contributed by atoms with Gasteiger partial charge in [-0.2, -0.15) is 0 Å². The van der Waals surface area contributed by atoms with Crippen molar-refractivity contribution in [2.75, 3.05) is 12.9 Å². The molecule has 0 saturated heterocycles. The molecule has 1 atom stereocenters. The summed E-state index contributed by atoms with van der Waals surface area (Å²) in [5.74, 6) is 1.58. The van der Waals surface area contributed by atoms with Crippen molar-refractivity contribution in [3.8, 4) is 5.75 Å². The molecule has 0 aromatic heterocycles. The zero-order chi connectivity index (χ0) is 10.4. The van der Waals surface area contributed by atoms with Crippen molar-refractivity contribution in [3.05, 3.63) is 24.3 Å². The van der Waals surface area contributed by atoms with Crippen molar-refractivity contribution in [3.63, 3.8) is 0 Å². The molecule has 14 heavy (non-hydrogen) atoms. The summed E-state index contributed by atoms with van der Waals surface area (Å²) in [5, 5.41) is 0. The first-order chi connectivity index (χ1) is 6.76. The number of methoxy groups -OCH3 is 1. The lowest BCUT2D eigenvalue weighted by Crippen LogP contribution is -1.89. The summed E-state index contributed by atoms with van der Waals surface area (Å²) in [5.41, 5.74) is 0. The molecule has 0 radical (unpaired) electrons. The summed E-state index contributed by atoms with van der Waals surface area (Å²) in [6.07, 6.45) is 0.954. The molecule has 2 nitrogen and oxygen atoms in total. The van der Waals surface area contributed by atoms with Crippen LogP contribution in [0.3, 0.4) is 0 Å². The third kappa shape index (κ3) is 3.72. The fraction of sp³-hybridized carbons (Fsp3) is 0.400. The Morgan fingerprint density at radius 3 is 2.50 bits per heavy atom. The first-order valence-corrected chi connectivity index (χ1v) is 7.12. The highest BCUT2D eigenvalue weighted by molar-refractivity contribution is 8.69. The van der Waals surface area contributed by atoms with Gasteiger partial charge in [0.1, 0.15) is 5.75 Å². The Morgan fingerprint density at radius 1 is 1.36 bits per heavy atom. The molecule has 0 heterocycles. The first-order valence-electron chi connectivity index (χ1n) is 4.47. The highest BCUT2D eigenvalue weighted by Crippen LogP contribution is 2.24. The van der Waals surface area contributed by atoms with Crippen LogP contribution in [0.4, 0.5) is 0 Å². The van der Waals surface area contributed by atoms with Gasteiger partial charge in [0.25, 0.3) is 0 Å². The molecular weight excluding hydrogens is 216 g/mol. The summed E-state index contributed by atoms with van der Waals surface area (Å²) in [4.78, 5) is 1.03. The Bertz CT molecular complexity index is 295. The lowest BCUT2D eigenvalue weighted by Gasteiger charge is -2.02. The highest BCUT2D eigenvalue weighted by Gasteiger charge is 2.01. The van der Waals surface area contributed by atoms with Crippen LogP contribution >= 0.6 is 10.8 Å². The molecular formula is C10H14O2S2. The third-order valence-corrected chi connectivity index (χ3v) is 4.65. The number of rotatable bonds is 5. The molecule has 0 fully saturated rings. The van der Waals surface area contributed by atoms with Gasteiger partial charge in [-0.05, 0) is 41.5 Å². The topological polar surface area (TPSA) is 26.3 Å². The van der Waals surface area contributed by atoms with Crippen LogP contribution in [0.25, 0.3) is 0 Å². The molecule has 0 aliphatic rings. The average Bonchev–Trinajstić information content (AvgIpc) is 2.19. The standard InChI is InChI=1S/C10H14O2S2/c1-3-8-14(11)13-10-6-4-9(12-2)5-7-10/h4-7H,3,8H2,1-2H3. The van der Waals surface area contributed by atoms with Crippen LogP contribution in [-0.2, 0) is 9.83 Å². The Kier molecular flexibility index (Phi) is 5.04. The molecule has 1 rings (SSSR count). The molecule has 0 aliphatic heterocycles. The van der Waals surface area contributed by atoms with Gasteiger partial charge in [-0.1, -0.05) is 6.92 Å². The maximum atomic E-state index is 11.4. The molecule has 0 amide bonds. The van der Waals surface area contributed by atoms with Crippen LogP contribution in [0.5, 0.6) is 5.75 Å². The van der Waals surface area contributed by atoms with Crippen molar-refractivity contribution in [1.82, 2.24) is 0 Å². The molecule has 1 unspecified atom stereocenters. The van der Waals surface area contributed by atoms with E-state index < -0.39 is 9.83 Å². The van der Waals surface area contributed by atoms with E-state index in [-0.39, 0.29) is 0 Å². The molecule has 0 N–H and O–H groups in total. The van der Waals surface area contributed by atoms with Gasteiger partial charge < -0.3 is 4.74 Å². The molecule has 0 aliphatic carbocycles. The van der Waals surface area contributed by atoms with Crippen molar-refractivity contribution in [1.29, 1.82) is 0 Å². The second kappa shape index (κ2) is 6.09. The summed E-state index contributed by atoms with van der Waals surface area (Å²) in [7, 11) is 2.24. The Hall–Kier alpha value is -0.480. The molecule has 0 spiro atoms. The van der Waals surface area contributed by atoms with E-state index in [0.29, 0.717) is 0 Å². The lowest BCUT2D eigenvalue weighted by molar-refractivity contribution is 0.414. The van der Waals surface area contributed by atoms with Gasteiger partial charge in [0.2, 0.25) is 0 Å². The number of hydrogen-bond donors (Lipinski definition) is 0. The van der Waals surface area contributed by atoms with E-state index in [0.717, 1.165) is 22.8 Å². The van der Waals surface area contributed by atoms with Crippen molar-refractivity contribution in [2.45, 2.75) is 18.2 Å². The van der Waals surface area contributed by atoms with E-state index in [1.807, 2.05) is 31.2 Å². The van der Waals surface area contributed by atoms with Crippen molar-refractivity contribution < 1.29 is 8.95 Å². The van der Waals surface area contributed by atoms with Gasteiger partial charge in [0.15, 0.2) is 0 Å². The predicted octanol–water partition coefficient (Wildman–Crippen LogP) is 2.86. The van der Waals surface area contributed by atoms with Crippen LogP contribution in [0.15, 0.2) is 29.2 Å². The Labute approximate surface area is 90.9 Å². The normalized spacial score (nSPS) is 12.4. The average molecular weight is 230 g/mol. The quantitative estimate of drug-likeness (QED) is 0.728. The van der Waals surface area contributed by atoms with Crippen LogP contribution in [0, 0.1) is 0 Å². The minimum absolute atomic E-state index is 0.747. The second-order valence-corrected chi connectivity index (χ2v) is 6.04. The van der Waals surface area contributed by atoms with Crippen LogP contribution < -0.4 is 4.74 Å². The van der Waals surface area contributed by atoms with E-state index >= 15 is 0 Å². The van der Waals surface area contributed by atoms with Gasteiger partial charge >= 0.3 is 0 Å². The van der Waals surface area contributed by atoms with E-state index in [2.05, 4.69) is 0 Å². The Morgan fingerprint density at radius 2 is 2.00 bits per heavy atom. The molecule has 0 bridgehead atoms. The minimum Gasteiger partial charge on any atom is -0.497 e. The molecule has 1 aromatic rings. The molecule has 4 heteroatoms. The summed E-state index contributed by atoms with van der Waals surface area (Å²) in [6, 6.07) is 7.62. The Balaban J connectivity index is 2.55. The maximum absolute atomic E-state index is 11.4. The largest absolute Gasteiger partial charge is 0.497 e. The second-order valence-electron chi connectivity index (χ2n) is 2.77. The number of ether oxygens (including phenoxy) is 1. The lowest BCUT2D eigenvalue weighted by atomic mass is 10.3. The van der Waals surface area contributed by atoms with Crippen LogP contribution in [0.1, 0.15) is 13.3 Å². The van der Waals surface area contributed by atoms with E-state index in [4.69, 9.17) is 4.74 Å². The zero-order valence-corrected chi connectivity index (χ0v) is 9.99. The van der Waals surface area contributed by atoms with Gasteiger partial charge in [-0.25, -0.2) is 4.21 Å². The van der Waals surface area contributed by atoms with Crippen LogP contribution in [-0.4, -0.2) is 17.1 Å². The fourth-order valence-corrected chi connectivity index (χ4v) is 3.55. The molecule has 78 valence electrons. The number of hydrogen-bond acceptors (Lipinski definition) is 3.